The van der Waals surface area contributed by atoms with Crippen molar-refractivity contribution in [2.45, 2.75) is 49.4 Å². The van der Waals surface area contributed by atoms with Crippen LogP contribution in [0.1, 0.15) is 37.5 Å². The first-order valence-corrected chi connectivity index (χ1v) is 7.86. The summed E-state index contributed by atoms with van der Waals surface area (Å²) in [6.07, 6.45) is 2.70. The summed E-state index contributed by atoms with van der Waals surface area (Å²) in [4.78, 5) is 13.3. The number of nitrogen functional groups attached to an aromatic ring is 1. The van der Waals surface area contributed by atoms with E-state index in [2.05, 4.69) is 26.2 Å². The normalized spacial score (nSPS) is 10.9. The standard InChI is InChI=1S/C12H17N5S2/c1-4-6-9-14-10(13)7(3)11(15-9)18-12-16-8(5-2)17-19-12/h4-6H2,1-3H3,(H2,13,14,15). The predicted octanol–water partition coefficient (Wildman–Crippen LogP) is 2.88. The van der Waals surface area contributed by atoms with Gasteiger partial charge in [-0.15, -0.1) is 0 Å². The third kappa shape index (κ3) is 3.42. The molecule has 0 radical (unpaired) electrons. The Labute approximate surface area is 121 Å². The fraction of sp³-hybridized carbons (Fsp3) is 0.500. The molecule has 2 aromatic rings. The van der Waals surface area contributed by atoms with Crippen LogP contribution in [0.5, 0.6) is 0 Å². The molecular formula is C12H17N5S2. The van der Waals surface area contributed by atoms with Crippen molar-refractivity contribution in [1.82, 2.24) is 19.3 Å². The molecule has 0 fully saturated rings. The van der Waals surface area contributed by atoms with E-state index in [1.165, 1.54) is 23.3 Å². The lowest BCUT2D eigenvalue weighted by molar-refractivity contribution is 0.805. The summed E-state index contributed by atoms with van der Waals surface area (Å²) in [5, 5.41) is 0.884. The largest absolute Gasteiger partial charge is 0.383 e. The van der Waals surface area contributed by atoms with Crippen molar-refractivity contribution in [1.29, 1.82) is 0 Å². The highest BCUT2D eigenvalue weighted by Gasteiger charge is 2.12. The average molecular weight is 295 g/mol. The Bertz CT molecular complexity index is 567. The Balaban J connectivity index is 2.27. The maximum absolute atomic E-state index is 5.94. The zero-order valence-electron chi connectivity index (χ0n) is 11.3. The van der Waals surface area contributed by atoms with Crippen molar-refractivity contribution < 1.29 is 0 Å². The van der Waals surface area contributed by atoms with E-state index in [0.29, 0.717) is 5.82 Å². The van der Waals surface area contributed by atoms with Crippen molar-refractivity contribution >= 4 is 29.1 Å². The minimum absolute atomic E-state index is 0.557. The van der Waals surface area contributed by atoms with Gasteiger partial charge in [0.1, 0.15) is 22.5 Å². The fourth-order valence-corrected chi connectivity index (χ4v) is 3.22. The maximum Gasteiger partial charge on any atom is 0.176 e. The molecule has 0 bridgehead atoms. The number of nitrogens with two attached hydrogens (primary N) is 1. The molecule has 2 N–H and O–H groups in total. The molecule has 19 heavy (non-hydrogen) atoms. The number of aromatic nitrogens is 4. The topological polar surface area (TPSA) is 77.6 Å². The van der Waals surface area contributed by atoms with E-state index in [4.69, 9.17) is 5.73 Å². The van der Waals surface area contributed by atoms with E-state index < -0.39 is 0 Å². The first-order valence-electron chi connectivity index (χ1n) is 6.27. The molecule has 0 aromatic carbocycles. The van der Waals surface area contributed by atoms with Crippen LogP contribution in [-0.4, -0.2) is 19.3 Å². The third-order valence-electron chi connectivity index (χ3n) is 2.61. The molecule has 0 saturated carbocycles. The molecule has 0 aliphatic rings. The fourth-order valence-electron chi connectivity index (χ4n) is 1.50. The Kier molecular flexibility index (Phi) is 4.71. The van der Waals surface area contributed by atoms with Crippen LogP contribution >= 0.6 is 23.3 Å². The molecular weight excluding hydrogens is 278 g/mol. The number of anilines is 1. The highest BCUT2D eigenvalue weighted by Crippen LogP contribution is 2.31. The predicted molar refractivity (Wildman–Crippen MR) is 78.6 cm³/mol. The van der Waals surface area contributed by atoms with Crippen LogP contribution < -0.4 is 5.73 Å². The van der Waals surface area contributed by atoms with Crippen LogP contribution in [0.15, 0.2) is 9.37 Å². The van der Waals surface area contributed by atoms with E-state index >= 15 is 0 Å². The maximum atomic E-state index is 5.94. The van der Waals surface area contributed by atoms with Crippen LogP contribution in [0.4, 0.5) is 5.82 Å². The second-order valence-electron chi connectivity index (χ2n) is 4.14. The van der Waals surface area contributed by atoms with Gasteiger partial charge in [-0.3, -0.25) is 0 Å². The summed E-state index contributed by atoms with van der Waals surface area (Å²) in [5.41, 5.74) is 6.85. The van der Waals surface area contributed by atoms with E-state index in [9.17, 15) is 0 Å². The third-order valence-corrected chi connectivity index (χ3v) is 4.49. The molecule has 0 aliphatic heterocycles. The molecule has 5 nitrogen and oxygen atoms in total. The van der Waals surface area contributed by atoms with Crippen LogP contribution in [0, 0.1) is 6.92 Å². The number of nitrogens with zero attached hydrogens (tertiary/aromatic N) is 4. The molecule has 0 aliphatic carbocycles. The quantitative estimate of drug-likeness (QED) is 0.855. The first kappa shape index (κ1) is 14.2. The summed E-state index contributed by atoms with van der Waals surface area (Å²) >= 11 is 2.92. The number of aryl methyl sites for hydroxylation is 2. The van der Waals surface area contributed by atoms with Crippen LogP contribution in [0.25, 0.3) is 0 Å². The second-order valence-corrected chi connectivity index (χ2v) is 6.13. The molecule has 0 saturated heterocycles. The smallest absolute Gasteiger partial charge is 0.176 e. The van der Waals surface area contributed by atoms with Gasteiger partial charge in [0.05, 0.1) is 0 Å². The van der Waals surface area contributed by atoms with E-state index in [0.717, 1.165) is 45.8 Å². The molecule has 2 heterocycles. The Morgan fingerprint density at radius 2 is 1.95 bits per heavy atom. The number of hydrogen-bond donors (Lipinski definition) is 1. The Hall–Kier alpha value is -1.21. The van der Waals surface area contributed by atoms with Gasteiger partial charge in [0.2, 0.25) is 0 Å². The molecule has 2 aromatic heterocycles. The molecule has 2 rings (SSSR count). The van der Waals surface area contributed by atoms with Gasteiger partial charge in [-0.1, -0.05) is 13.8 Å². The molecule has 0 spiro atoms. The van der Waals surface area contributed by atoms with Gasteiger partial charge in [0, 0.05) is 18.4 Å². The van der Waals surface area contributed by atoms with Crippen molar-refractivity contribution in [3.63, 3.8) is 0 Å². The number of rotatable bonds is 5. The SMILES string of the molecule is CCCc1nc(N)c(C)c(Sc2nc(CC)ns2)n1. The molecule has 0 unspecified atom stereocenters. The highest BCUT2D eigenvalue weighted by molar-refractivity contribution is 8.00. The van der Waals surface area contributed by atoms with Crippen LogP contribution in [0.2, 0.25) is 0 Å². The summed E-state index contributed by atoms with van der Waals surface area (Å²) in [7, 11) is 0. The minimum atomic E-state index is 0.557. The minimum Gasteiger partial charge on any atom is -0.383 e. The van der Waals surface area contributed by atoms with Crippen LogP contribution in [-0.2, 0) is 12.8 Å². The summed E-state index contributed by atoms with van der Waals surface area (Å²) < 4.78 is 5.18. The summed E-state index contributed by atoms with van der Waals surface area (Å²) in [6, 6.07) is 0. The van der Waals surface area contributed by atoms with E-state index in [-0.39, 0.29) is 0 Å². The van der Waals surface area contributed by atoms with Crippen molar-refractivity contribution in [2.24, 2.45) is 0 Å². The molecule has 102 valence electrons. The van der Waals surface area contributed by atoms with Gasteiger partial charge in [-0.05, 0) is 36.6 Å². The summed E-state index contributed by atoms with van der Waals surface area (Å²) in [6.45, 7) is 6.09. The van der Waals surface area contributed by atoms with E-state index in [1.807, 2.05) is 13.8 Å². The Morgan fingerprint density at radius 1 is 1.16 bits per heavy atom. The molecule has 0 amide bonds. The molecule has 0 atom stereocenters. The van der Waals surface area contributed by atoms with Gasteiger partial charge in [-0.25, -0.2) is 15.0 Å². The van der Waals surface area contributed by atoms with Gasteiger partial charge in [0.15, 0.2) is 4.34 Å². The van der Waals surface area contributed by atoms with Gasteiger partial charge < -0.3 is 5.73 Å². The zero-order chi connectivity index (χ0) is 13.8. The van der Waals surface area contributed by atoms with Crippen molar-refractivity contribution in [2.75, 3.05) is 5.73 Å². The first-order chi connectivity index (χ1) is 9.13. The van der Waals surface area contributed by atoms with Crippen molar-refractivity contribution in [3.05, 3.63) is 17.2 Å². The zero-order valence-corrected chi connectivity index (χ0v) is 12.9. The lowest BCUT2D eigenvalue weighted by Crippen LogP contribution is -2.04. The van der Waals surface area contributed by atoms with E-state index in [1.54, 1.807) is 0 Å². The summed E-state index contributed by atoms with van der Waals surface area (Å²) in [5.74, 6) is 2.23. The van der Waals surface area contributed by atoms with Gasteiger partial charge >= 0.3 is 0 Å². The lowest BCUT2D eigenvalue weighted by Gasteiger charge is -2.07. The average Bonchev–Trinajstić information content (AvgIpc) is 2.83. The molecule has 7 heteroatoms. The Morgan fingerprint density at radius 3 is 2.58 bits per heavy atom. The van der Waals surface area contributed by atoms with Crippen molar-refractivity contribution in [3.8, 4) is 0 Å². The number of hydrogen-bond acceptors (Lipinski definition) is 7. The van der Waals surface area contributed by atoms with Crippen LogP contribution in [0.3, 0.4) is 0 Å². The second kappa shape index (κ2) is 6.29. The monoisotopic (exact) mass is 295 g/mol. The van der Waals surface area contributed by atoms with Gasteiger partial charge in [0.25, 0.3) is 0 Å². The highest BCUT2D eigenvalue weighted by atomic mass is 32.2. The van der Waals surface area contributed by atoms with Gasteiger partial charge in [-0.2, -0.15) is 4.37 Å². The lowest BCUT2D eigenvalue weighted by atomic mass is 10.3.